The molecule has 0 aromatic heterocycles. The summed E-state index contributed by atoms with van der Waals surface area (Å²) < 4.78 is 19.7. The van der Waals surface area contributed by atoms with Gasteiger partial charge >= 0.3 is 0 Å². The summed E-state index contributed by atoms with van der Waals surface area (Å²) in [4.78, 5) is 2.18. The molecule has 2 aromatic rings. The maximum absolute atomic E-state index is 13.4. The fourth-order valence-corrected chi connectivity index (χ4v) is 3.49. The van der Waals surface area contributed by atoms with Crippen LogP contribution >= 0.6 is 0 Å². The summed E-state index contributed by atoms with van der Waals surface area (Å²) in [7, 11) is 6.07. The zero-order valence-corrected chi connectivity index (χ0v) is 14.6. The highest BCUT2D eigenvalue weighted by Gasteiger charge is 2.41. The van der Waals surface area contributed by atoms with Crippen LogP contribution in [0.25, 0.3) is 0 Å². The van der Waals surface area contributed by atoms with Crippen molar-refractivity contribution in [3.05, 3.63) is 65.0 Å². The van der Waals surface area contributed by atoms with Crippen LogP contribution in [0.15, 0.2) is 42.5 Å². The molecule has 3 nitrogen and oxygen atoms in total. The molecule has 1 aliphatic rings. The molecule has 128 valence electrons. The van der Waals surface area contributed by atoms with Gasteiger partial charge in [-0.25, -0.2) is 4.39 Å². The molecular weight excluding hydrogens is 303 g/mol. The Bertz CT molecular complexity index is 699. The van der Waals surface area contributed by atoms with Crippen LogP contribution in [0.4, 0.5) is 10.1 Å². The second-order valence-electron chi connectivity index (χ2n) is 6.65. The van der Waals surface area contributed by atoms with E-state index in [1.165, 1.54) is 23.3 Å². The van der Waals surface area contributed by atoms with E-state index in [-0.39, 0.29) is 5.82 Å². The van der Waals surface area contributed by atoms with E-state index in [2.05, 4.69) is 42.5 Å². The van der Waals surface area contributed by atoms with Gasteiger partial charge in [0.15, 0.2) is 0 Å². The molecule has 0 saturated carbocycles. The first kappa shape index (κ1) is 16.9. The van der Waals surface area contributed by atoms with Crippen molar-refractivity contribution >= 4 is 5.69 Å². The molecule has 0 fully saturated rings. The minimum absolute atomic E-state index is 0.217. The van der Waals surface area contributed by atoms with E-state index in [0.29, 0.717) is 6.61 Å². The molecular formula is C20H25FN2O. The molecule has 1 heterocycles. The number of benzene rings is 2. The summed E-state index contributed by atoms with van der Waals surface area (Å²) in [6.45, 7) is 1.58. The van der Waals surface area contributed by atoms with E-state index in [1.807, 2.05) is 19.2 Å². The average molecular weight is 328 g/mol. The number of anilines is 1. The molecule has 1 unspecified atom stereocenters. The maximum Gasteiger partial charge on any atom is 0.123 e. The van der Waals surface area contributed by atoms with Gasteiger partial charge in [0, 0.05) is 12.7 Å². The fraction of sp³-hybridized carbons (Fsp3) is 0.400. The predicted molar refractivity (Wildman–Crippen MR) is 95.7 cm³/mol. The number of ether oxygens (including phenoxy) is 1. The summed E-state index contributed by atoms with van der Waals surface area (Å²) in [5, 5.41) is 3.18. The third-order valence-corrected chi connectivity index (χ3v) is 4.75. The molecule has 0 spiro atoms. The van der Waals surface area contributed by atoms with Crippen molar-refractivity contribution in [1.82, 2.24) is 4.90 Å². The highest BCUT2D eigenvalue weighted by atomic mass is 19.1. The van der Waals surface area contributed by atoms with Crippen LogP contribution in [0.2, 0.25) is 0 Å². The SMILES string of the molecule is CNc1ccc2c(c1)COC2(CCCN(C)C)c1ccc(F)cc1. The van der Waals surface area contributed by atoms with E-state index in [0.717, 1.165) is 30.6 Å². The molecule has 3 rings (SSSR count). The Hall–Kier alpha value is -1.91. The lowest BCUT2D eigenvalue weighted by Crippen LogP contribution is -2.28. The van der Waals surface area contributed by atoms with Crippen molar-refractivity contribution in [2.45, 2.75) is 25.0 Å². The van der Waals surface area contributed by atoms with E-state index in [1.54, 1.807) is 0 Å². The van der Waals surface area contributed by atoms with Crippen LogP contribution in [0.1, 0.15) is 29.5 Å². The van der Waals surface area contributed by atoms with Gasteiger partial charge in [-0.15, -0.1) is 0 Å². The number of fused-ring (bicyclic) bond motifs is 1. The largest absolute Gasteiger partial charge is 0.388 e. The van der Waals surface area contributed by atoms with Crippen LogP contribution < -0.4 is 5.32 Å². The summed E-state index contributed by atoms with van der Waals surface area (Å²) >= 11 is 0. The highest BCUT2D eigenvalue weighted by Crippen LogP contribution is 2.46. The highest BCUT2D eigenvalue weighted by molar-refractivity contribution is 5.53. The molecule has 0 bridgehead atoms. The van der Waals surface area contributed by atoms with Crippen LogP contribution in [-0.2, 0) is 16.9 Å². The Morgan fingerprint density at radius 1 is 1.17 bits per heavy atom. The zero-order chi connectivity index (χ0) is 17.2. The number of rotatable bonds is 6. The number of nitrogens with one attached hydrogen (secondary N) is 1. The standard InChI is InChI=1S/C20H25FN2O/c1-22-18-9-10-19-15(13-18)14-24-20(19,11-4-12-23(2)3)16-5-7-17(21)8-6-16/h5-10,13,22H,4,11-12,14H2,1-3H3. The quantitative estimate of drug-likeness (QED) is 0.868. The van der Waals surface area contributed by atoms with Crippen molar-refractivity contribution in [2.75, 3.05) is 33.0 Å². The average Bonchev–Trinajstić information content (AvgIpc) is 2.94. The van der Waals surface area contributed by atoms with Crippen LogP contribution in [0, 0.1) is 5.82 Å². The summed E-state index contributed by atoms with van der Waals surface area (Å²) in [6.07, 6.45) is 1.89. The van der Waals surface area contributed by atoms with Gasteiger partial charge in [0.25, 0.3) is 0 Å². The first-order valence-electron chi connectivity index (χ1n) is 8.41. The normalized spacial score (nSPS) is 19.5. The molecule has 0 aliphatic carbocycles. The summed E-state index contributed by atoms with van der Waals surface area (Å²) in [6, 6.07) is 13.1. The van der Waals surface area contributed by atoms with Gasteiger partial charge in [0.05, 0.1) is 6.61 Å². The lowest BCUT2D eigenvalue weighted by molar-refractivity contribution is -0.0140. The molecule has 4 heteroatoms. The van der Waals surface area contributed by atoms with E-state index >= 15 is 0 Å². The number of hydrogen-bond donors (Lipinski definition) is 1. The molecule has 24 heavy (non-hydrogen) atoms. The minimum atomic E-state index is -0.481. The van der Waals surface area contributed by atoms with Crippen molar-refractivity contribution in [2.24, 2.45) is 0 Å². The van der Waals surface area contributed by atoms with E-state index in [9.17, 15) is 4.39 Å². The molecule has 1 atom stereocenters. The van der Waals surface area contributed by atoms with E-state index in [4.69, 9.17) is 4.74 Å². The zero-order valence-electron chi connectivity index (χ0n) is 14.6. The second kappa shape index (κ2) is 6.91. The van der Waals surface area contributed by atoms with Gasteiger partial charge in [0.1, 0.15) is 11.4 Å². The molecule has 1 N–H and O–H groups in total. The van der Waals surface area contributed by atoms with Gasteiger partial charge in [-0.1, -0.05) is 18.2 Å². The lowest BCUT2D eigenvalue weighted by Gasteiger charge is -2.31. The Morgan fingerprint density at radius 2 is 1.92 bits per heavy atom. The second-order valence-corrected chi connectivity index (χ2v) is 6.65. The molecule has 0 radical (unpaired) electrons. The van der Waals surface area contributed by atoms with Crippen molar-refractivity contribution in [1.29, 1.82) is 0 Å². The number of nitrogens with zero attached hydrogens (tertiary/aromatic N) is 1. The fourth-order valence-electron chi connectivity index (χ4n) is 3.49. The number of hydrogen-bond acceptors (Lipinski definition) is 3. The lowest BCUT2D eigenvalue weighted by atomic mass is 9.82. The van der Waals surface area contributed by atoms with Gasteiger partial charge in [-0.2, -0.15) is 0 Å². The predicted octanol–water partition coefficient (Wildman–Crippen LogP) is 3.98. The summed E-state index contributed by atoms with van der Waals surface area (Å²) in [5.41, 5.74) is 4.03. The van der Waals surface area contributed by atoms with Crippen molar-refractivity contribution in [3.63, 3.8) is 0 Å². The first-order chi connectivity index (χ1) is 11.5. The monoisotopic (exact) mass is 328 g/mol. The first-order valence-corrected chi connectivity index (χ1v) is 8.41. The Balaban J connectivity index is 2.00. The van der Waals surface area contributed by atoms with Gasteiger partial charge in [-0.05, 0) is 74.4 Å². The summed E-state index contributed by atoms with van der Waals surface area (Å²) in [5.74, 6) is -0.217. The Morgan fingerprint density at radius 3 is 2.58 bits per heavy atom. The van der Waals surface area contributed by atoms with Crippen LogP contribution in [0.3, 0.4) is 0 Å². The maximum atomic E-state index is 13.4. The third-order valence-electron chi connectivity index (χ3n) is 4.75. The third kappa shape index (κ3) is 3.17. The minimum Gasteiger partial charge on any atom is -0.388 e. The van der Waals surface area contributed by atoms with E-state index < -0.39 is 5.60 Å². The van der Waals surface area contributed by atoms with Crippen LogP contribution in [0.5, 0.6) is 0 Å². The van der Waals surface area contributed by atoms with Crippen LogP contribution in [-0.4, -0.2) is 32.6 Å². The van der Waals surface area contributed by atoms with Crippen molar-refractivity contribution in [3.8, 4) is 0 Å². The smallest absolute Gasteiger partial charge is 0.123 e. The molecule has 0 saturated heterocycles. The number of halogens is 1. The van der Waals surface area contributed by atoms with Gasteiger partial charge in [0.2, 0.25) is 0 Å². The Labute approximate surface area is 143 Å². The van der Waals surface area contributed by atoms with Gasteiger partial charge < -0.3 is 15.0 Å². The molecule has 2 aromatic carbocycles. The van der Waals surface area contributed by atoms with Gasteiger partial charge in [-0.3, -0.25) is 0 Å². The Kier molecular flexibility index (Phi) is 4.88. The topological polar surface area (TPSA) is 24.5 Å². The molecule has 1 aliphatic heterocycles. The van der Waals surface area contributed by atoms with Crippen molar-refractivity contribution < 1.29 is 9.13 Å². The molecule has 0 amide bonds.